The summed E-state index contributed by atoms with van der Waals surface area (Å²) in [5, 5.41) is 9.62. The molecule has 3 atom stereocenters. The molecule has 0 saturated heterocycles. The Labute approximate surface area is 193 Å². The van der Waals surface area contributed by atoms with E-state index in [0.29, 0.717) is 16.9 Å². The normalized spacial score (nSPS) is 15.9. The number of anilines is 1. The lowest BCUT2D eigenvalue weighted by atomic mass is 10.3. The molecule has 0 aliphatic rings. The number of para-hydroxylation sites is 1. The average molecular weight is 477 g/mol. The number of fused-ring (bicyclic) bond motifs is 1. The van der Waals surface area contributed by atoms with Gasteiger partial charge < -0.3 is 24.7 Å². The molecule has 0 radical (unpaired) electrons. The van der Waals surface area contributed by atoms with E-state index in [1.165, 1.54) is 22.5 Å². The lowest BCUT2D eigenvalue weighted by Crippen LogP contribution is -2.43. The molecule has 0 fully saturated rings. The van der Waals surface area contributed by atoms with Gasteiger partial charge in [0, 0.05) is 6.04 Å². The monoisotopic (exact) mass is 477 g/mol. The predicted octanol–water partition coefficient (Wildman–Crippen LogP) is 3.23. The van der Waals surface area contributed by atoms with Gasteiger partial charge in [-0.15, -0.1) is 0 Å². The zero-order chi connectivity index (χ0) is 25.0. The molecule has 2 aromatic heterocycles. The molecule has 3 rings (SSSR count). The van der Waals surface area contributed by atoms with Crippen molar-refractivity contribution in [2.24, 2.45) is 0 Å². The van der Waals surface area contributed by atoms with E-state index in [2.05, 4.69) is 15.0 Å². The summed E-state index contributed by atoms with van der Waals surface area (Å²) < 4.78 is 36.9. The highest BCUT2D eigenvalue weighted by Crippen LogP contribution is 2.53. The van der Waals surface area contributed by atoms with Crippen molar-refractivity contribution >= 4 is 30.5 Å². The molecule has 11 nitrogen and oxygen atoms in total. The molecule has 1 aromatic carbocycles. The third-order valence-corrected chi connectivity index (χ3v) is 7.44. The van der Waals surface area contributed by atoms with Crippen molar-refractivity contribution in [1.29, 1.82) is 0 Å². The van der Waals surface area contributed by atoms with E-state index in [1.807, 2.05) is 0 Å². The number of imidazole rings is 1. The second-order valence-corrected chi connectivity index (χ2v) is 10.1. The van der Waals surface area contributed by atoms with E-state index in [1.54, 1.807) is 51.1 Å². The van der Waals surface area contributed by atoms with E-state index in [-0.39, 0.29) is 25.0 Å². The highest BCUT2D eigenvalue weighted by atomic mass is 31.2. The molecule has 0 spiro atoms. The SMILES string of the molecule is [2H]c1nc2c(N)ncnc2n1C[C@@H](C)OC[P@](=O)(Oc1ccccc1)N(C(C)C)[C@@H](C)C(=O)O. The fraction of sp³-hybridized carbons (Fsp3) is 0.429. The van der Waals surface area contributed by atoms with Gasteiger partial charge in [-0.2, -0.15) is 0 Å². The van der Waals surface area contributed by atoms with Crippen LogP contribution in [-0.4, -0.2) is 59.8 Å². The van der Waals surface area contributed by atoms with Crippen LogP contribution in [0.2, 0.25) is 0 Å². The zero-order valence-corrected chi connectivity index (χ0v) is 19.8. The zero-order valence-electron chi connectivity index (χ0n) is 20.0. The predicted molar refractivity (Wildman–Crippen MR) is 124 cm³/mol. The molecule has 178 valence electrons. The Morgan fingerprint density at radius 1 is 1.24 bits per heavy atom. The minimum Gasteiger partial charge on any atom is -0.480 e. The molecule has 3 aromatic rings. The van der Waals surface area contributed by atoms with Crippen LogP contribution < -0.4 is 10.3 Å². The number of hydrogen-bond donors (Lipinski definition) is 2. The van der Waals surface area contributed by atoms with Crippen LogP contribution >= 0.6 is 7.52 Å². The first-order valence-corrected chi connectivity index (χ1v) is 12.2. The number of carboxylic acid groups (broad SMARTS) is 1. The van der Waals surface area contributed by atoms with Crippen molar-refractivity contribution in [1.82, 2.24) is 24.2 Å². The van der Waals surface area contributed by atoms with Crippen LogP contribution in [0.5, 0.6) is 5.75 Å². The highest BCUT2D eigenvalue weighted by Gasteiger charge is 2.42. The Balaban J connectivity index is 1.85. The van der Waals surface area contributed by atoms with Crippen molar-refractivity contribution in [3.05, 3.63) is 43.0 Å². The Kier molecular flexibility index (Phi) is 7.22. The first-order valence-electron chi connectivity index (χ1n) is 10.9. The number of nitrogens with zero attached hydrogens (tertiary/aromatic N) is 5. The van der Waals surface area contributed by atoms with Crippen LogP contribution in [0.15, 0.2) is 43.0 Å². The number of aliphatic carboxylic acids is 1. The van der Waals surface area contributed by atoms with Gasteiger partial charge in [0.25, 0.3) is 0 Å². The number of carboxylic acids is 1. The molecule has 0 bridgehead atoms. The third kappa shape index (κ3) is 5.68. The Hall–Kier alpha value is -3.01. The van der Waals surface area contributed by atoms with Crippen LogP contribution in [0, 0.1) is 0 Å². The lowest BCUT2D eigenvalue weighted by Gasteiger charge is -2.36. The van der Waals surface area contributed by atoms with E-state index >= 15 is 0 Å². The molecule has 0 aliphatic carbocycles. The van der Waals surface area contributed by atoms with Gasteiger partial charge in [0.05, 0.1) is 19.0 Å². The number of ether oxygens (including phenoxy) is 1. The lowest BCUT2D eigenvalue weighted by molar-refractivity contribution is -0.141. The van der Waals surface area contributed by atoms with Crippen molar-refractivity contribution in [3.63, 3.8) is 0 Å². The minimum atomic E-state index is -3.82. The maximum absolute atomic E-state index is 14.1. The summed E-state index contributed by atoms with van der Waals surface area (Å²) in [6.07, 6.45) is 0.316. The summed E-state index contributed by atoms with van der Waals surface area (Å²) >= 11 is 0. The van der Waals surface area contributed by atoms with Crippen LogP contribution in [-0.2, 0) is 20.6 Å². The van der Waals surface area contributed by atoms with E-state index in [4.69, 9.17) is 16.4 Å². The topological polar surface area (TPSA) is 146 Å². The maximum atomic E-state index is 14.1. The van der Waals surface area contributed by atoms with Crippen molar-refractivity contribution in [3.8, 4) is 5.75 Å². The van der Waals surface area contributed by atoms with Gasteiger partial charge in [0.2, 0.25) is 0 Å². The van der Waals surface area contributed by atoms with E-state index in [9.17, 15) is 14.5 Å². The summed E-state index contributed by atoms with van der Waals surface area (Å²) in [7, 11) is -3.82. The Bertz CT molecular complexity index is 1190. The summed E-state index contributed by atoms with van der Waals surface area (Å²) in [6, 6.07) is 7.07. The molecular weight excluding hydrogens is 447 g/mol. The van der Waals surface area contributed by atoms with Gasteiger partial charge in [0.15, 0.2) is 11.5 Å². The van der Waals surface area contributed by atoms with Gasteiger partial charge in [-0.3, -0.25) is 9.36 Å². The summed E-state index contributed by atoms with van der Waals surface area (Å²) in [4.78, 5) is 23.9. The van der Waals surface area contributed by atoms with Crippen molar-refractivity contribution in [2.75, 3.05) is 12.1 Å². The number of nitrogen functional groups attached to an aromatic ring is 1. The van der Waals surface area contributed by atoms with Gasteiger partial charge in [0.1, 0.15) is 31.4 Å². The fourth-order valence-corrected chi connectivity index (χ4v) is 5.97. The first-order chi connectivity index (χ1) is 16.0. The number of rotatable bonds is 11. The largest absolute Gasteiger partial charge is 0.480 e. The number of aromatic nitrogens is 4. The van der Waals surface area contributed by atoms with Gasteiger partial charge >= 0.3 is 13.5 Å². The van der Waals surface area contributed by atoms with Crippen LogP contribution in [0.1, 0.15) is 29.1 Å². The number of carbonyl (C=O) groups is 1. The smallest absolute Gasteiger partial charge is 0.345 e. The number of hydrogen-bond acceptors (Lipinski definition) is 8. The molecular formula is C21H29N6O5P. The summed E-state index contributed by atoms with van der Waals surface area (Å²) in [5.41, 5.74) is 6.53. The number of benzene rings is 1. The molecule has 0 saturated carbocycles. The Morgan fingerprint density at radius 3 is 2.58 bits per heavy atom. The van der Waals surface area contributed by atoms with Crippen LogP contribution in [0.25, 0.3) is 11.2 Å². The average Bonchev–Trinajstić information content (AvgIpc) is 3.09. The maximum Gasteiger partial charge on any atom is 0.345 e. The minimum absolute atomic E-state index is 0.0651. The Morgan fingerprint density at radius 2 is 1.94 bits per heavy atom. The second kappa shape index (κ2) is 10.3. The van der Waals surface area contributed by atoms with E-state index < -0.39 is 31.7 Å². The summed E-state index contributed by atoms with van der Waals surface area (Å²) in [6.45, 7) is 6.87. The third-order valence-electron chi connectivity index (χ3n) is 4.96. The summed E-state index contributed by atoms with van der Waals surface area (Å²) in [5.74, 6) is -0.618. The second-order valence-electron chi connectivity index (χ2n) is 7.89. The van der Waals surface area contributed by atoms with Gasteiger partial charge in [-0.25, -0.2) is 19.6 Å². The first kappa shape index (κ1) is 23.2. The quantitative estimate of drug-likeness (QED) is 0.395. The van der Waals surface area contributed by atoms with Crippen LogP contribution in [0.3, 0.4) is 0 Å². The molecule has 0 amide bonds. The molecule has 12 heteroatoms. The van der Waals surface area contributed by atoms with Crippen LogP contribution in [0.4, 0.5) is 5.82 Å². The fourth-order valence-electron chi connectivity index (χ4n) is 3.47. The van der Waals surface area contributed by atoms with E-state index in [0.717, 1.165) is 0 Å². The number of nitrogens with two attached hydrogens (primary N) is 1. The molecule has 33 heavy (non-hydrogen) atoms. The molecule has 2 heterocycles. The molecule has 0 unspecified atom stereocenters. The highest BCUT2D eigenvalue weighted by molar-refractivity contribution is 7.56. The standard InChI is InChI=1S/C21H29N6O5P/c1-14(2)27(16(4)21(28)29)33(30,32-17-8-6-5-7-9-17)13-31-15(3)10-26-12-25-18-19(22)23-11-24-20(18)26/h5-9,11-12,14-16H,10,13H2,1-4H3,(H,28,29)(H2,22,23,24)/t15-,16+,33+/m1/s1/i12D. The van der Waals surface area contributed by atoms with Gasteiger partial charge in [-0.1, -0.05) is 18.2 Å². The van der Waals surface area contributed by atoms with Crippen molar-refractivity contribution in [2.45, 2.75) is 52.4 Å². The van der Waals surface area contributed by atoms with Gasteiger partial charge in [-0.05, 0) is 39.8 Å². The molecule has 3 N–H and O–H groups in total. The van der Waals surface area contributed by atoms with Crippen molar-refractivity contribution < 1.29 is 25.1 Å². The molecule has 0 aliphatic heterocycles.